The Kier molecular flexibility index (Phi) is 7.50. The average Bonchev–Trinajstić information content (AvgIpc) is 2.70. The Labute approximate surface area is 172 Å². The molecule has 1 amide bonds. The summed E-state index contributed by atoms with van der Waals surface area (Å²) in [6, 6.07) is 12.4. The molecule has 0 spiro atoms. The molecule has 0 aromatic heterocycles. The maximum absolute atomic E-state index is 12.6. The van der Waals surface area contributed by atoms with Crippen LogP contribution in [0.1, 0.15) is 31.0 Å². The van der Waals surface area contributed by atoms with Crippen LogP contribution in [0.3, 0.4) is 0 Å². The molecule has 8 heteroatoms. The third kappa shape index (κ3) is 5.87. The van der Waals surface area contributed by atoms with Crippen LogP contribution in [0.15, 0.2) is 42.5 Å². The predicted molar refractivity (Wildman–Crippen MR) is 114 cm³/mol. The van der Waals surface area contributed by atoms with Crippen molar-refractivity contribution in [1.29, 1.82) is 0 Å². The minimum absolute atomic E-state index is 0.250. The maximum Gasteiger partial charge on any atom is 0.241 e. The molecule has 0 aliphatic rings. The molecule has 7 nitrogen and oxygen atoms in total. The van der Waals surface area contributed by atoms with Gasteiger partial charge in [0.2, 0.25) is 15.9 Å². The van der Waals surface area contributed by atoms with Crippen LogP contribution < -0.4 is 19.1 Å². The van der Waals surface area contributed by atoms with E-state index in [0.717, 1.165) is 22.5 Å². The molecule has 0 radical (unpaired) electrons. The second-order valence-corrected chi connectivity index (χ2v) is 8.60. The van der Waals surface area contributed by atoms with Crippen molar-refractivity contribution >= 4 is 21.6 Å². The van der Waals surface area contributed by atoms with Gasteiger partial charge in [-0.1, -0.05) is 31.2 Å². The number of aryl methyl sites for hydroxylation is 1. The van der Waals surface area contributed by atoms with Crippen molar-refractivity contribution in [2.75, 3.05) is 31.3 Å². The molecule has 0 bridgehead atoms. The molecular weight excluding hydrogens is 392 g/mol. The van der Waals surface area contributed by atoms with Gasteiger partial charge in [-0.15, -0.1) is 0 Å². The number of nitrogens with one attached hydrogen (secondary N) is 1. The summed E-state index contributed by atoms with van der Waals surface area (Å²) < 4.78 is 36.1. The second kappa shape index (κ2) is 9.65. The third-order valence-corrected chi connectivity index (χ3v) is 5.75. The second-order valence-electron chi connectivity index (χ2n) is 6.69. The number of anilines is 1. The summed E-state index contributed by atoms with van der Waals surface area (Å²) in [6.07, 6.45) is 2.00. The summed E-state index contributed by atoms with van der Waals surface area (Å²) in [7, 11) is -0.734. The van der Waals surface area contributed by atoms with Gasteiger partial charge in [0.1, 0.15) is 6.54 Å². The lowest BCUT2D eigenvalue weighted by Crippen LogP contribution is -2.41. The van der Waals surface area contributed by atoms with E-state index in [9.17, 15) is 13.2 Å². The largest absolute Gasteiger partial charge is 0.493 e. The molecule has 0 fully saturated rings. The fourth-order valence-electron chi connectivity index (χ4n) is 2.92. The zero-order valence-corrected chi connectivity index (χ0v) is 18.2. The Morgan fingerprint density at radius 1 is 1.07 bits per heavy atom. The molecule has 29 heavy (non-hydrogen) atoms. The topological polar surface area (TPSA) is 84.9 Å². The molecular formula is C21H28N2O5S. The number of carbonyl (C=O) groups is 1. The number of rotatable bonds is 9. The normalized spacial score (nSPS) is 12.2. The molecule has 0 saturated heterocycles. The number of nitrogens with zero attached hydrogens (tertiary/aromatic N) is 1. The first-order chi connectivity index (χ1) is 13.7. The van der Waals surface area contributed by atoms with Gasteiger partial charge >= 0.3 is 0 Å². The SMILES string of the molecule is CCc1ccc([C@@H](C)NC(=O)CN(c2ccc(OC)c(OC)c2)S(C)(=O)=O)cc1. The highest BCUT2D eigenvalue weighted by Gasteiger charge is 2.23. The lowest BCUT2D eigenvalue weighted by atomic mass is 10.1. The van der Waals surface area contributed by atoms with Gasteiger partial charge in [-0.25, -0.2) is 8.42 Å². The van der Waals surface area contributed by atoms with Crippen LogP contribution in [-0.2, 0) is 21.2 Å². The summed E-state index contributed by atoms with van der Waals surface area (Å²) in [6.45, 7) is 3.60. The van der Waals surface area contributed by atoms with Crippen molar-refractivity contribution in [2.24, 2.45) is 0 Å². The Morgan fingerprint density at radius 2 is 1.69 bits per heavy atom. The van der Waals surface area contributed by atoms with Gasteiger partial charge in [0.05, 0.1) is 32.2 Å². The van der Waals surface area contributed by atoms with E-state index < -0.39 is 15.9 Å². The Morgan fingerprint density at radius 3 is 2.21 bits per heavy atom. The van der Waals surface area contributed by atoms with Crippen molar-refractivity contribution < 1.29 is 22.7 Å². The number of benzene rings is 2. The van der Waals surface area contributed by atoms with Gasteiger partial charge < -0.3 is 14.8 Å². The molecule has 0 aliphatic heterocycles. The highest BCUT2D eigenvalue weighted by Crippen LogP contribution is 2.32. The number of carbonyl (C=O) groups excluding carboxylic acids is 1. The van der Waals surface area contributed by atoms with Crippen LogP contribution >= 0.6 is 0 Å². The van der Waals surface area contributed by atoms with Gasteiger partial charge in [-0.05, 0) is 36.6 Å². The molecule has 2 rings (SSSR count). The number of hydrogen-bond donors (Lipinski definition) is 1. The number of methoxy groups -OCH3 is 2. The van der Waals surface area contributed by atoms with Crippen molar-refractivity contribution in [1.82, 2.24) is 5.32 Å². The van der Waals surface area contributed by atoms with E-state index in [1.54, 1.807) is 12.1 Å². The maximum atomic E-state index is 12.6. The van der Waals surface area contributed by atoms with Crippen LogP contribution in [0.5, 0.6) is 11.5 Å². The molecule has 0 heterocycles. The van der Waals surface area contributed by atoms with E-state index in [1.165, 1.54) is 25.8 Å². The Balaban J connectivity index is 2.18. The van der Waals surface area contributed by atoms with Gasteiger partial charge in [-0.2, -0.15) is 0 Å². The standard InChI is InChI=1S/C21H28N2O5S/c1-6-16-7-9-17(10-8-16)15(2)22-21(24)14-23(29(5,25)26)18-11-12-19(27-3)20(13-18)28-4/h7-13,15H,6,14H2,1-5H3,(H,22,24)/t15-/m1/s1. The summed E-state index contributed by atoms with van der Waals surface area (Å²) >= 11 is 0. The predicted octanol–water partition coefficient (Wildman–Crippen LogP) is 2.91. The van der Waals surface area contributed by atoms with Crippen molar-refractivity contribution in [2.45, 2.75) is 26.3 Å². The van der Waals surface area contributed by atoms with E-state index in [0.29, 0.717) is 17.2 Å². The van der Waals surface area contributed by atoms with Crippen LogP contribution in [0.4, 0.5) is 5.69 Å². The van der Waals surface area contributed by atoms with Crippen LogP contribution in [-0.4, -0.2) is 41.3 Å². The molecule has 0 saturated carbocycles. The summed E-state index contributed by atoms with van der Waals surface area (Å²) in [5, 5.41) is 2.86. The monoisotopic (exact) mass is 420 g/mol. The first kappa shape index (κ1) is 22.5. The zero-order valence-electron chi connectivity index (χ0n) is 17.4. The first-order valence-electron chi connectivity index (χ1n) is 9.27. The minimum atomic E-state index is -3.69. The zero-order chi connectivity index (χ0) is 21.6. The van der Waals surface area contributed by atoms with Crippen LogP contribution in [0.2, 0.25) is 0 Å². The molecule has 2 aromatic carbocycles. The lowest BCUT2D eigenvalue weighted by Gasteiger charge is -2.24. The molecule has 0 aliphatic carbocycles. The minimum Gasteiger partial charge on any atom is -0.493 e. The highest BCUT2D eigenvalue weighted by atomic mass is 32.2. The number of hydrogen-bond acceptors (Lipinski definition) is 5. The van der Waals surface area contributed by atoms with Crippen LogP contribution in [0.25, 0.3) is 0 Å². The fourth-order valence-corrected chi connectivity index (χ4v) is 3.77. The summed E-state index contributed by atoms with van der Waals surface area (Å²) in [5.41, 5.74) is 2.48. The number of sulfonamides is 1. The Bertz CT molecular complexity index is 942. The number of amides is 1. The van der Waals surface area contributed by atoms with Gasteiger partial charge in [-0.3, -0.25) is 9.10 Å². The van der Waals surface area contributed by atoms with E-state index in [4.69, 9.17) is 9.47 Å². The lowest BCUT2D eigenvalue weighted by molar-refractivity contribution is -0.120. The molecule has 158 valence electrons. The van der Waals surface area contributed by atoms with Crippen LogP contribution in [0, 0.1) is 0 Å². The average molecular weight is 421 g/mol. The van der Waals surface area contributed by atoms with Crippen molar-refractivity contribution in [3.8, 4) is 11.5 Å². The van der Waals surface area contributed by atoms with E-state index in [2.05, 4.69) is 12.2 Å². The molecule has 2 aromatic rings. The third-order valence-electron chi connectivity index (χ3n) is 4.61. The fraction of sp³-hybridized carbons (Fsp3) is 0.381. The van der Waals surface area contributed by atoms with E-state index in [-0.39, 0.29) is 12.6 Å². The van der Waals surface area contributed by atoms with Gasteiger partial charge in [0, 0.05) is 6.07 Å². The van der Waals surface area contributed by atoms with Crippen molar-refractivity contribution in [3.05, 3.63) is 53.6 Å². The van der Waals surface area contributed by atoms with Crippen molar-refractivity contribution in [3.63, 3.8) is 0 Å². The quantitative estimate of drug-likeness (QED) is 0.674. The van der Waals surface area contributed by atoms with E-state index in [1.807, 2.05) is 31.2 Å². The molecule has 0 unspecified atom stereocenters. The van der Waals surface area contributed by atoms with Gasteiger partial charge in [0.25, 0.3) is 0 Å². The van der Waals surface area contributed by atoms with Gasteiger partial charge in [0.15, 0.2) is 11.5 Å². The number of ether oxygens (including phenoxy) is 2. The highest BCUT2D eigenvalue weighted by molar-refractivity contribution is 7.92. The smallest absolute Gasteiger partial charge is 0.241 e. The van der Waals surface area contributed by atoms with E-state index >= 15 is 0 Å². The summed E-state index contributed by atoms with van der Waals surface area (Å²) in [4.78, 5) is 12.6. The molecule has 1 atom stereocenters. The molecule has 1 N–H and O–H groups in total. The Hall–Kier alpha value is -2.74. The first-order valence-corrected chi connectivity index (χ1v) is 11.1. The summed E-state index contributed by atoms with van der Waals surface area (Å²) in [5.74, 6) is 0.444.